The summed E-state index contributed by atoms with van der Waals surface area (Å²) in [5.41, 5.74) is -0.810. The molecule has 0 amide bonds. The van der Waals surface area contributed by atoms with Crippen molar-refractivity contribution in [2.24, 2.45) is 0 Å². The van der Waals surface area contributed by atoms with Crippen molar-refractivity contribution in [2.75, 3.05) is 0 Å². The predicted octanol–water partition coefficient (Wildman–Crippen LogP) is 1.54. The molecule has 0 spiro atoms. The van der Waals surface area contributed by atoms with Gasteiger partial charge in [0.1, 0.15) is 0 Å². The maximum Gasteiger partial charge on any atom is 0.337 e. The Morgan fingerprint density at radius 2 is 1.05 bits per heavy atom. The Balaban J connectivity index is 0.00000242. The minimum atomic E-state index is -4.25. The topological polar surface area (TPSA) is 109 Å². The molecule has 8 heteroatoms. The number of aromatic carboxylic acids is 2. The summed E-state index contributed by atoms with van der Waals surface area (Å²) in [4.78, 5) is 21.4. The van der Waals surface area contributed by atoms with Crippen LogP contribution in [0.15, 0.2) is 58.3 Å². The third-order valence-corrected chi connectivity index (χ3v) is 4.68. The van der Waals surface area contributed by atoms with Crippen LogP contribution in [-0.2, 0) is 9.84 Å². The number of benzene rings is 2. The third kappa shape index (κ3) is 3.62. The summed E-state index contributed by atoms with van der Waals surface area (Å²) in [6.07, 6.45) is 0. The average Bonchev–Trinajstić information content (AvgIpc) is 2.47. The van der Waals surface area contributed by atoms with Gasteiger partial charge in [-0.3, -0.25) is 0 Å². The van der Waals surface area contributed by atoms with E-state index in [0.29, 0.717) is 0 Å². The van der Waals surface area contributed by atoms with Crippen LogP contribution in [0.1, 0.15) is 20.7 Å². The van der Waals surface area contributed by atoms with E-state index >= 15 is 0 Å². The summed E-state index contributed by atoms with van der Waals surface area (Å²) in [6, 6.07) is 10.1. The van der Waals surface area contributed by atoms with Gasteiger partial charge < -0.3 is 10.2 Å². The summed E-state index contributed by atoms with van der Waals surface area (Å²) in [6.45, 7) is 0. The Bertz CT molecular complexity index is 765. The van der Waals surface area contributed by atoms with Gasteiger partial charge in [0.05, 0.1) is 20.9 Å². The minimum absolute atomic E-state index is 0. The van der Waals surface area contributed by atoms with E-state index in [0.717, 1.165) is 24.3 Å². The number of hydrogen-bond acceptors (Lipinski definition) is 4. The number of carboxylic acids is 2. The first kappa shape index (κ1) is 18.9. The standard InChI is InChI=1S/C14H10O6S.Ba/c15-13(16)9-5-1-3-7-11(9)21(19,20)12-8-4-2-6-10(12)14(17)18;/h1-8H,(H,15,16)(H,17,18);. The molecule has 0 saturated carbocycles. The van der Waals surface area contributed by atoms with Crippen LogP contribution in [0.25, 0.3) is 0 Å². The van der Waals surface area contributed by atoms with E-state index < -0.39 is 42.7 Å². The largest absolute Gasteiger partial charge is 0.478 e. The van der Waals surface area contributed by atoms with Crippen molar-refractivity contribution in [1.82, 2.24) is 0 Å². The first-order chi connectivity index (χ1) is 9.85. The Labute approximate surface area is 166 Å². The third-order valence-electron chi connectivity index (χ3n) is 2.81. The molecule has 0 unspecified atom stereocenters. The smallest absolute Gasteiger partial charge is 0.337 e. The van der Waals surface area contributed by atoms with Crippen LogP contribution < -0.4 is 0 Å². The Morgan fingerprint density at radius 3 is 1.36 bits per heavy atom. The predicted molar refractivity (Wildman–Crippen MR) is 78.0 cm³/mol. The molecule has 0 aliphatic carbocycles. The molecule has 22 heavy (non-hydrogen) atoms. The molecule has 2 rings (SSSR count). The summed E-state index contributed by atoms with van der Waals surface area (Å²) < 4.78 is 25.1. The van der Waals surface area contributed by atoms with Gasteiger partial charge in [-0.05, 0) is 24.3 Å². The van der Waals surface area contributed by atoms with E-state index in [1.807, 2.05) is 0 Å². The van der Waals surface area contributed by atoms with E-state index in [2.05, 4.69) is 0 Å². The molecule has 0 heterocycles. The van der Waals surface area contributed by atoms with Crippen LogP contribution in [0.5, 0.6) is 0 Å². The van der Waals surface area contributed by atoms with Gasteiger partial charge in [0.2, 0.25) is 9.84 Å². The summed E-state index contributed by atoms with van der Waals surface area (Å²) in [5, 5.41) is 18.1. The fourth-order valence-corrected chi connectivity index (χ4v) is 3.52. The van der Waals surface area contributed by atoms with Gasteiger partial charge in [0.15, 0.2) is 0 Å². The Morgan fingerprint density at radius 1 is 0.727 bits per heavy atom. The van der Waals surface area contributed by atoms with Gasteiger partial charge in [-0.1, -0.05) is 24.3 Å². The number of carboxylic acid groups (broad SMARTS) is 2. The molecule has 6 nitrogen and oxygen atoms in total. The van der Waals surface area contributed by atoms with Crippen LogP contribution in [0.3, 0.4) is 0 Å². The van der Waals surface area contributed by atoms with Crippen LogP contribution in [0.4, 0.5) is 0 Å². The molecule has 0 aliphatic rings. The Kier molecular flexibility index (Phi) is 6.41. The van der Waals surface area contributed by atoms with Gasteiger partial charge in [0, 0.05) is 48.9 Å². The molecule has 2 aromatic rings. The van der Waals surface area contributed by atoms with Crippen molar-refractivity contribution < 1.29 is 28.2 Å². The van der Waals surface area contributed by atoms with Crippen LogP contribution >= 0.6 is 0 Å². The van der Waals surface area contributed by atoms with Gasteiger partial charge in [0.25, 0.3) is 0 Å². The summed E-state index contributed by atoms with van der Waals surface area (Å²) in [5.74, 6) is -2.80. The minimum Gasteiger partial charge on any atom is -0.478 e. The second kappa shape index (κ2) is 7.45. The zero-order valence-electron chi connectivity index (χ0n) is 11.3. The van der Waals surface area contributed by atoms with Crippen LogP contribution in [-0.4, -0.2) is 79.5 Å². The maximum atomic E-state index is 12.6. The quantitative estimate of drug-likeness (QED) is 0.694. The first-order valence-corrected chi connectivity index (χ1v) is 7.23. The van der Waals surface area contributed by atoms with Crippen molar-refractivity contribution in [1.29, 1.82) is 0 Å². The molecule has 0 bridgehead atoms. The number of carbonyl (C=O) groups is 2. The molecule has 0 atom stereocenters. The average molecular weight is 444 g/mol. The summed E-state index contributed by atoms with van der Waals surface area (Å²) in [7, 11) is -4.25. The van der Waals surface area contributed by atoms with Gasteiger partial charge in [-0.2, -0.15) is 0 Å². The van der Waals surface area contributed by atoms with Gasteiger partial charge in [-0.15, -0.1) is 0 Å². The molecule has 2 aromatic carbocycles. The van der Waals surface area contributed by atoms with Crippen molar-refractivity contribution in [3.63, 3.8) is 0 Å². The van der Waals surface area contributed by atoms with Crippen LogP contribution in [0, 0.1) is 0 Å². The van der Waals surface area contributed by atoms with Crippen LogP contribution in [0.2, 0.25) is 0 Å². The molecule has 0 aromatic heterocycles. The molecule has 0 aliphatic heterocycles. The molecule has 0 saturated heterocycles. The molecule has 2 N–H and O–H groups in total. The van der Waals surface area contributed by atoms with E-state index in [4.69, 9.17) is 10.2 Å². The first-order valence-electron chi connectivity index (χ1n) is 5.75. The zero-order valence-corrected chi connectivity index (χ0v) is 16.5. The molecule has 0 fully saturated rings. The van der Waals surface area contributed by atoms with Crippen molar-refractivity contribution >= 4 is 70.7 Å². The van der Waals surface area contributed by atoms with Crippen molar-refractivity contribution in [3.05, 3.63) is 59.7 Å². The second-order valence-electron chi connectivity index (χ2n) is 4.11. The second-order valence-corrected chi connectivity index (χ2v) is 5.99. The van der Waals surface area contributed by atoms with Crippen molar-refractivity contribution in [2.45, 2.75) is 9.79 Å². The Hall–Kier alpha value is -1.10. The SMILES string of the molecule is O=C(O)c1ccccc1S(=O)(=O)c1ccccc1C(=O)O.[Ba]. The summed E-state index contributed by atoms with van der Waals surface area (Å²) >= 11 is 0. The fraction of sp³-hybridized carbons (Fsp3) is 0. The van der Waals surface area contributed by atoms with E-state index in [-0.39, 0.29) is 48.9 Å². The fourth-order valence-electron chi connectivity index (χ4n) is 1.87. The van der Waals surface area contributed by atoms with Gasteiger partial charge >= 0.3 is 11.9 Å². The zero-order chi connectivity index (χ0) is 15.6. The molecular formula is C14H10BaO6S. The van der Waals surface area contributed by atoms with Gasteiger partial charge in [-0.25, -0.2) is 18.0 Å². The molecule has 110 valence electrons. The normalized spacial score (nSPS) is 10.5. The number of hydrogen-bond donors (Lipinski definition) is 2. The van der Waals surface area contributed by atoms with Crippen molar-refractivity contribution in [3.8, 4) is 0 Å². The number of sulfone groups is 1. The monoisotopic (exact) mass is 444 g/mol. The van der Waals surface area contributed by atoms with E-state index in [1.165, 1.54) is 24.3 Å². The maximum absolute atomic E-state index is 12.6. The number of rotatable bonds is 4. The molecule has 2 radical (unpaired) electrons. The van der Waals surface area contributed by atoms with E-state index in [9.17, 15) is 18.0 Å². The molecular weight excluding hydrogens is 434 g/mol. The van der Waals surface area contributed by atoms with E-state index in [1.54, 1.807) is 0 Å².